The van der Waals surface area contributed by atoms with Gasteiger partial charge in [0.2, 0.25) is 0 Å². The largest absolute Gasteiger partial charge is 0.508 e. The van der Waals surface area contributed by atoms with E-state index in [9.17, 15) is 5.11 Å². The number of allylic oxidation sites excluding steroid dienone is 2. The van der Waals surface area contributed by atoms with Crippen molar-refractivity contribution in [1.29, 1.82) is 0 Å². The number of halogens is 1. The van der Waals surface area contributed by atoms with Gasteiger partial charge in [0, 0.05) is 18.6 Å². The highest BCUT2D eigenvalue weighted by atomic mass is 35.5. The summed E-state index contributed by atoms with van der Waals surface area (Å²) in [6, 6.07) is 17.3. The Morgan fingerprint density at radius 2 is 1.75 bits per heavy atom. The third-order valence-electron chi connectivity index (χ3n) is 5.96. The molecule has 0 saturated carbocycles. The molecule has 0 radical (unpaired) electrons. The number of nitrogens with zero attached hydrogens (tertiary/aromatic N) is 1. The third-order valence-corrected chi connectivity index (χ3v) is 6.37. The molecule has 3 rings (SSSR count). The van der Waals surface area contributed by atoms with Crippen LogP contribution in [-0.4, -0.2) is 41.8 Å². The van der Waals surface area contributed by atoms with Crippen LogP contribution >= 0.6 is 11.6 Å². The van der Waals surface area contributed by atoms with Gasteiger partial charge in [-0.1, -0.05) is 86.1 Å². The topological polar surface area (TPSA) is 32.7 Å². The van der Waals surface area contributed by atoms with Gasteiger partial charge in [0.1, 0.15) is 11.4 Å². The van der Waals surface area contributed by atoms with E-state index in [-0.39, 0.29) is 5.75 Å². The van der Waals surface area contributed by atoms with Crippen molar-refractivity contribution in [2.75, 3.05) is 26.2 Å². The molecular weight excluding hydrogens is 418 g/mol. The van der Waals surface area contributed by atoms with Crippen molar-refractivity contribution in [2.45, 2.75) is 38.7 Å². The molecule has 1 aliphatic rings. The van der Waals surface area contributed by atoms with Gasteiger partial charge in [-0.3, -0.25) is 0 Å². The Morgan fingerprint density at radius 3 is 2.41 bits per heavy atom. The van der Waals surface area contributed by atoms with E-state index < -0.39 is 5.60 Å². The predicted molar refractivity (Wildman–Crippen MR) is 136 cm³/mol. The molecule has 1 N–H and O–H groups in total. The molecule has 0 fully saturated rings. The van der Waals surface area contributed by atoms with E-state index in [0.29, 0.717) is 18.1 Å². The van der Waals surface area contributed by atoms with Gasteiger partial charge in [0.25, 0.3) is 0 Å². The van der Waals surface area contributed by atoms with Gasteiger partial charge in [-0.15, -0.1) is 0 Å². The number of hydrogen-bond acceptors (Lipinski definition) is 3. The fourth-order valence-corrected chi connectivity index (χ4v) is 4.53. The van der Waals surface area contributed by atoms with Crippen LogP contribution < -0.4 is 0 Å². The molecule has 0 saturated heterocycles. The molecule has 0 aromatic heterocycles. The Labute approximate surface area is 197 Å². The van der Waals surface area contributed by atoms with Crippen molar-refractivity contribution in [3.8, 4) is 5.75 Å². The zero-order valence-electron chi connectivity index (χ0n) is 19.1. The molecule has 0 aliphatic heterocycles. The zero-order chi connectivity index (χ0) is 22.8. The Hall–Kier alpha value is -2.33. The Balaban J connectivity index is 1.93. The minimum atomic E-state index is -0.659. The van der Waals surface area contributed by atoms with Gasteiger partial charge >= 0.3 is 0 Å². The monoisotopic (exact) mass is 451 g/mol. The third kappa shape index (κ3) is 6.13. The van der Waals surface area contributed by atoms with E-state index in [0.717, 1.165) is 49.2 Å². The Kier molecular flexibility index (Phi) is 9.16. The van der Waals surface area contributed by atoms with Crippen LogP contribution in [0.4, 0.5) is 0 Å². The summed E-state index contributed by atoms with van der Waals surface area (Å²) in [6.45, 7) is 8.30. The summed E-state index contributed by atoms with van der Waals surface area (Å²) in [6.07, 6.45) is 11.1. The fraction of sp³-hybridized carbons (Fsp3) is 0.357. The summed E-state index contributed by atoms with van der Waals surface area (Å²) in [5.41, 5.74) is 2.06. The molecule has 0 amide bonds. The van der Waals surface area contributed by atoms with Crippen molar-refractivity contribution >= 4 is 22.2 Å². The highest BCUT2D eigenvalue weighted by molar-refractivity contribution is 6.53. The molecule has 2 aromatic rings. The SMILES string of the molecule is CCN(CC)CCCCOC1(C(=C(Cl)c2cccc(O)c2)c2ccccc2)C=CC=CC1. The van der Waals surface area contributed by atoms with Crippen LogP contribution in [0, 0.1) is 0 Å². The van der Waals surface area contributed by atoms with E-state index >= 15 is 0 Å². The number of rotatable bonds is 11. The molecule has 0 spiro atoms. The molecule has 1 atom stereocenters. The zero-order valence-corrected chi connectivity index (χ0v) is 19.9. The average Bonchev–Trinajstić information content (AvgIpc) is 2.83. The number of phenolic OH excluding ortho intramolecular Hbond substituents is 1. The van der Waals surface area contributed by atoms with Gasteiger partial charge < -0.3 is 14.7 Å². The summed E-state index contributed by atoms with van der Waals surface area (Å²) in [5, 5.41) is 10.6. The number of unbranched alkanes of at least 4 members (excludes halogenated alkanes) is 1. The second kappa shape index (κ2) is 12.1. The number of ether oxygens (including phenoxy) is 1. The first-order chi connectivity index (χ1) is 15.6. The highest BCUT2D eigenvalue weighted by Gasteiger charge is 2.36. The lowest BCUT2D eigenvalue weighted by atomic mass is 9.81. The number of hydrogen-bond donors (Lipinski definition) is 1. The van der Waals surface area contributed by atoms with Crippen molar-refractivity contribution in [1.82, 2.24) is 4.90 Å². The molecule has 0 heterocycles. The molecular formula is C28H34ClNO2. The maximum Gasteiger partial charge on any atom is 0.117 e. The lowest BCUT2D eigenvalue weighted by molar-refractivity contribution is 0.0336. The van der Waals surface area contributed by atoms with Gasteiger partial charge in [-0.2, -0.15) is 0 Å². The van der Waals surface area contributed by atoms with E-state index in [2.05, 4.69) is 43.0 Å². The standard InChI is InChI=1S/C28H34ClNO2/c1-3-30(4-2)20-11-12-21-32-28(18-9-6-10-19-28)26(23-14-7-5-8-15-23)27(29)24-16-13-17-25(31)22-24/h5-10,13-18,22,31H,3-4,11-12,19-21H2,1-2H3. The molecule has 32 heavy (non-hydrogen) atoms. The van der Waals surface area contributed by atoms with E-state index in [1.54, 1.807) is 12.1 Å². The summed E-state index contributed by atoms with van der Waals surface area (Å²) in [7, 11) is 0. The smallest absolute Gasteiger partial charge is 0.117 e. The van der Waals surface area contributed by atoms with Crippen molar-refractivity contribution in [3.05, 3.63) is 90.0 Å². The summed E-state index contributed by atoms with van der Waals surface area (Å²) >= 11 is 7.04. The van der Waals surface area contributed by atoms with Crippen LogP contribution in [0.5, 0.6) is 5.75 Å². The first-order valence-electron chi connectivity index (χ1n) is 11.6. The molecule has 0 bridgehead atoms. The number of aromatic hydroxyl groups is 1. The van der Waals surface area contributed by atoms with Crippen LogP contribution in [-0.2, 0) is 4.74 Å². The maximum atomic E-state index is 10.0. The van der Waals surface area contributed by atoms with Gasteiger partial charge in [0.15, 0.2) is 0 Å². The second-order valence-electron chi connectivity index (χ2n) is 8.07. The van der Waals surface area contributed by atoms with Gasteiger partial charge in [-0.25, -0.2) is 0 Å². The van der Waals surface area contributed by atoms with E-state index in [1.165, 1.54) is 0 Å². The van der Waals surface area contributed by atoms with Crippen molar-refractivity contribution in [2.24, 2.45) is 0 Å². The number of phenols is 1. The molecule has 3 nitrogen and oxygen atoms in total. The molecule has 2 aromatic carbocycles. The molecule has 170 valence electrons. The molecule has 4 heteroatoms. The lowest BCUT2D eigenvalue weighted by Gasteiger charge is -2.35. The van der Waals surface area contributed by atoms with Crippen LogP contribution in [0.3, 0.4) is 0 Å². The lowest BCUT2D eigenvalue weighted by Crippen LogP contribution is -2.34. The first kappa shape index (κ1) is 24.3. The molecule has 1 aliphatic carbocycles. The number of benzene rings is 2. The van der Waals surface area contributed by atoms with Crippen LogP contribution in [0.25, 0.3) is 10.6 Å². The summed E-state index contributed by atoms with van der Waals surface area (Å²) < 4.78 is 6.65. The fourth-order valence-electron chi connectivity index (χ4n) is 4.15. The summed E-state index contributed by atoms with van der Waals surface area (Å²) in [4.78, 5) is 2.44. The van der Waals surface area contributed by atoms with E-state index in [4.69, 9.17) is 16.3 Å². The normalized spacial score (nSPS) is 18.8. The van der Waals surface area contributed by atoms with Crippen LogP contribution in [0.1, 0.15) is 44.2 Å². The van der Waals surface area contributed by atoms with Gasteiger partial charge in [-0.05, 0) is 61.8 Å². The highest BCUT2D eigenvalue weighted by Crippen LogP contribution is 2.44. The Morgan fingerprint density at radius 1 is 1.00 bits per heavy atom. The maximum absolute atomic E-state index is 10.0. The minimum absolute atomic E-state index is 0.193. The van der Waals surface area contributed by atoms with Gasteiger partial charge in [0.05, 0.1) is 5.03 Å². The summed E-state index contributed by atoms with van der Waals surface area (Å²) in [5.74, 6) is 0.193. The van der Waals surface area contributed by atoms with Crippen molar-refractivity contribution in [3.63, 3.8) is 0 Å². The predicted octanol–water partition coefficient (Wildman–Crippen LogP) is 6.89. The van der Waals surface area contributed by atoms with Crippen LogP contribution in [0.15, 0.2) is 78.9 Å². The second-order valence-corrected chi connectivity index (χ2v) is 8.45. The quantitative estimate of drug-likeness (QED) is 0.298. The average molecular weight is 452 g/mol. The van der Waals surface area contributed by atoms with Crippen LogP contribution in [0.2, 0.25) is 0 Å². The minimum Gasteiger partial charge on any atom is -0.508 e. The van der Waals surface area contributed by atoms with Crippen molar-refractivity contribution < 1.29 is 9.84 Å². The van der Waals surface area contributed by atoms with E-state index in [1.807, 2.05) is 42.5 Å². The Bertz CT molecular complexity index is 947. The molecule has 1 unspecified atom stereocenters. The first-order valence-corrected chi connectivity index (χ1v) is 11.9.